The Kier molecular flexibility index (Phi) is 6.66. The lowest BCUT2D eigenvalue weighted by molar-refractivity contribution is -0.117. The van der Waals surface area contributed by atoms with Gasteiger partial charge >= 0.3 is 6.03 Å². The second kappa shape index (κ2) is 9.37. The molecule has 2 atom stereocenters. The van der Waals surface area contributed by atoms with Crippen LogP contribution in [-0.4, -0.2) is 25.6 Å². The lowest BCUT2D eigenvalue weighted by Gasteiger charge is -2.19. The first-order valence-corrected chi connectivity index (χ1v) is 9.59. The van der Waals surface area contributed by atoms with Crippen LogP contribution in [0.4, 0.5) is 10.5 Å². The fourth-order valence-electron chi connectivity index (χ4n) is 2.97. The number of nitrogens with one attached hydrogen (secondary N) is 3. The Bertz CT molecular complexity index is 788. The Morgan fingerprint density at radius 1 is 1.04 bits per heavy atom. The van der Waals surface area contributed by atoms with E-state index in [-0.39, 0.29) is 30.0 Å². The van der Waals surface area contributed by atoms with Crippen molar-refractivity contribution in [3.63, 3.8) is 0 Å². The monoisotopic (exact) mass is 381 g/mol. The summed E-state index contributed by atoms with van der Waals surface area (Å²) < 4.78 is 5.47. The Labute approximate surface area is 165 Å². The molecule has 1 aliphatic rings. The van der Waals surface area contributed by atoms with Gasteiger partial charge in [0, 0.05) is 25.3 Å². The first-order valence-electron chi connectivity index (χ1n) is 9.59. The van der Waals surface area contributed by atoms with E-state index >= 15 is 0 Å². The maximum Gasteiger partial charge on any atom is 0.315 e. The SMILES string of the molecule is COC(CNC(=O)NC(C)c1ccc(NC(=O)C2CC2)cc1)c1ccccc1. The highest BCUT2D eigenvalue weighted by Crippen LogP contribution is 2.30. The number of carbonyl (C=O) groups is 2. The number of ether oxygens (including phenoxy) is 1. The van der Waals surface area contributed by atoms with Gasteiger partial charge in [-0.05, 0) is 43.0 Å². The highest BCUT2D eigenvalue weighted by molar-refractivity contribution is 5.94. The van der Waals surface area contributed by atoms with Gasteiger partial charge in [-0.1, -0.05) is 42.5 Å². The quantitative estimate of drug-likeness (QED) is 0.651. The van der Waals surface area contributed by atoms with Gasteiger partial charge in [-0.15, -0.1) is 0 Å². The molecule has 3 N–H and O–H groups in total. The molecule has 1 fully saturated rings. The summed E-state index contributed by atoms with van der Waals surface area (Å²) in [6.45, 7) is 2.30. The summed E-state index contributed by atoms with van der Waals surface area (Å²) in [4.78, 5) is 24.0. The highest BCUT2D eigenvalue weighted by atomic mass is 16.5. The smallest absolute Gasteiger partial charge is 0.315 e. The second-order valence-corrected chi connectivity index (χ2v) is 7.10. The van der Waals surface area contributed by atoms with E-state index in [1.807, 2.05) is 61.5 Å². The van der Waals surface area contributed by atoms with Gasteiger partial charge in [0.25, 0.3) is 0 Å². The van der Waals surface area contributed by atoms with Gasteiger partial charge in [0.2, 0.25) is 5.91 Å². The van der Waals surface area contributed by atoms with Crippen molar-refractivity contribution in [2.24, 2.45) is 5.92 Å². The molecule has 0 radical (unpaired) electrons. The van der Waals surface area contributed by atoms with Crippen molar-refractivity contribution in [2.45, 2.75) is 31.9 Å². The summed E-state index contributed by atoms with van der Waals surface area (Å²) in [5.74, 6) is 0.264. The molecule has 2 unspecified atom stereocenters. The van der Waals surface area contributed by atoms with Crippen LogP contribution in [-0.2, 0) is 9.53 Å². The first-order chi connectivity index (χ1) is 13.6. The molecule has 0 saturated heterocycles. The van der Waals surface area contributed by atoms with E-state index in [1.54, 1.807) is 7.11 Å². The predicted molar refractivity (Wildman–Crippen MR) is 109 cm³/mol. The van der Waals surface area contributed by atoms with Crippen LogP contribution in [0, 0.1) is 5.92 Å². The minimum atomic E-state index is -0.253. The third kappa shape index (κ3) is 5.57. The lowest BCUT2D eigenvalue weighted by atomic mass is 10.1. The van der Waals surface area contributed by atoms with Crippen molar-refractivity contribution in [3.8, 4) is 0 Å². The van der Waals surface area contributed by atoms with Gasteiger partial charge in [0.1, 0.15) is 0 Å². The molecule has 1 aliphatic carbocycles. The maximum atomic E-state index is 12.2. The zero-order valence-corrected chi connectivity index (χ0v) is 16.3. The number of methoxy groups -OCH3 is 1. The van der Waals surface area contributed by atoms with Crippen molar-refractivity contribution >= 4 is 17.6 Å². The third-order valence-electron chi connectivity index (χ3n) is 4.88. The second-order valence-electron chi connectivity index (χ2n) is 7.10. The van der Waals surface area contributed by atoms with Gasteiger partial charge in [-0.25, -0.2) is 4.79 Å². The fraction of sp³-hybridized carbons (Fsp3) is 0.364. The summed E-state index contributed by atoms with van der Waals surface area (Å²) in [6.07, 6.45) is 1.76. The molecule has 0 aliphatic heterocycles. The van der Waals surface area contributed by atoms with Crippen LogP contribution in [0.5, 0.6) is 0 Å². The first kappa shape index (κ1) is 19.9. The zero-order chi connectivity index (χ0) is 19.9. The van der Waals surface area contributed by atoms with E-state index in [0.29, 0.717) is 6.54 Å². The van der Waals surface area contributed by atoms with E-state index in [0.717, 1.165) is 29.7 Å². The van der Waals surface area contributed by atoms with E-state index < -0.39 is 0 Å². The van der Waals surface area contributed by atoms with Gasteiger partial charge in [0.15, 0.2) is 0 Å². The number of benzene rings is 2. The van der Waals surface area contributed by atoms with Crippen molar-refractivity contribution in [1.29, 1.82) is 0 Å². The molecule has 3 rings (SSSR count). The molecule has 2 aromatic carbocycles. The van der Waals surface area contributed by atoms with Crippen LogP contribution in [0.25, 0.3) is 0 Å². The molecule has 2 aromatic rings. The van der Waals surface area contributed by atoms with E-state index in [2.05, 4.69) is 16.0 Å². The molecular weight excluding hydrogens is 354 g/mol. The molecule has 6 heteroatoms. The topological polar surface area (TPSA) is 79.5 Å². The summed E-state index contributed by atoms with van der Waals surface area (Å²) >= 11 is 0. The van der Waals surface area contributed by atoms with E-state index in [1.165, 1.54) is 0 Å². The van der Waals surface area contributed by atoms with Crippen LogP contribution in [0.1, 0.15) is 43.0 Å². The minimum Gasteiger partial charge on any atom is -0.375 e. The number of amides is 3. The maximum absolute atomic E-state index is 12.2. The predicted octanol–water partition coefficient (Wildman–Crippen LogP) is 3.78. The summed E-state index contributed by atoms with van der Waals surface area (Å²) in [5, 5.41) is 8.69. The minimum absolute atomic E-state index is 0.0874. The lowest BCUT2D eigenvalue weighted by Crippen LogP contribution is -2.39. The number of carbonyl (C=O) groups excluding carboxylic acids is 2. The Hall–Kier alpha value is -2.86. The Morgan fingerprint density at radius 3 is 2.32 bits per heavy atom. The van der Waals surface area contributed by atoms with Crippen molar-refractivity contribution < 1.29 is 14.3 Å². The number of hydrogen-bond donors (Lipinski definition) is 3. The number of rotatable bonds is 8. The molecule has 0 aromatic heterocycles. The van der Waals surface area contributed by atoms with Gasteiger partial charge < -0.3 is 20.7 Å². The largest absolute Gasteiger partial charge is 0.375 e. The van der Waals surface area contributed by atoms with Gasteiger partial charge in [0.05, 0.1) is 12.1 Å². The standard InChI is InChI=1S/C22H27N3O3/c1-15(16-10-12-19(13-11-16)25-21(26)18-8-9-18)24-22(27)23-14-20(28-2)17-6-4-3-5-7-17/h3-7,10-13,15,18,20H,8-9,14H2,1-2H3,(H,25,26)(H2,23,24,27). The third-order valence-corrected chi connectivity index (χ3v) is 4.88. The van der Waals surface area contributed by atoms with Crippen LogP contribution >= 0.6 is 0 Å². The average molecular weight is 381 g/mol. The van der Waals surface area contributed by atoms with Crippen LogP contribution in [0.3, 0.4) is 0 Å². The number of anilines is 1. The molecule has 6 nitrogen and oxygen atoms in total. The Balaban J connectivity index is 1.47. The Morgan fingerprint density at radius 2 is 1.71 bits per heavy atom. The molecule has 3 amide bonds. The number of hydrogen-bond acceptors (Lipinski definition) is 3. The van der Waals surface area contributed by atoms with Crippen molar-refractivity contribution in [3.05, 3.63) is 65.7 Å². The zero-order valence-electron chi connectivity index (χ0n) is 16.3. The molecule has 148 valence electrons. The van der Waals surface area contributed by atoms with Gasteiger partial charge in [-0.2, -0.15) is 0 Å². The van der Waals surface area contributed by atoms with Crippen LogP contribution < -0.4 is 16.0 Å². The highest BCUT2D eigenvalue weighted by Gasteiger charge is 2.29. The number of urea groups is 1. The fourth-order valence-corrected chi connectivity index (χ4v) is 2.97. The van der Waals surface area contributed by atoms with Crippen LogP contribution in [0.15, 0.2) is 54.6 Å². The molecule has 28 heavy (non-hydrogen) atoms. The molecule has 0 heterocycles. The molecular formula is C22H27N3O3. The molecule has 0 bridgehead atoms. The van der Waals surface area contributed by atoms with Crippen molar-refractivity contribution in [2.75, 3.05) is 19.0 Å². The summed E-state index contributed by atoms with van der Waals surface area (Å²) in [5.41, 5.74) is 2.76. The molecule has 1 saturated carbocycles. The normalized spacial score (nSPS) is 15.4. The van der Waals surface area contributed by atoms with Gasteiger partial charge in [-0.3, -0.25) is 4.79 Å². The molecule has 0 spiro atoms. The van der Waals surface area contributed by atoms with Crippen molar-refractivity contribution in [1.82, 2.24) is 10.6 Å². The van der Waals surface area contributed by atoms with Crippen LogP contribution in [0.2, 0.25) is 0 Å². The summed E-state index contributed by atoms with van der Waals surface area (Å²) in [6, 6.07) is 16.9. The average Bonchev–Trinajstić information content (AvgIpc) is 3.55. The van der Waals surface area contributed by atoms with E-state index in [4.69, 9.17) is 4.74 Å². The van der Waals surface area contributed by atoms with E-state index in [9.17, 15) is 9.59 Å². The summed E-state index contributed by atoms with van der Waals surface area (Å²) in [7, 11) is 1.63.